The van der Waals surface area contributed by atoms with Crippen molar-refractivity contribution in [2.24, 2.45) is 0 Å². The first-order chi connectivity index (χ1) is 11.3. The fraction of sp³-hybridized carbons (Fsp3) is 0.556. The highest BCUT2D eigenvalue weighted by Crippen LogP contribution is 2.19. The number of rotatable bonds is 3. The molecule has 1 aromatic rings. The Balaban J connectivity index is 1.82. The van der Waals surface area contributed by atoms with Crippen LogP contribution in [0, 0.1) is 0 Å². The minimum absolute atomic E-state index is 0.0905. The van der Waals surface area contributed by atoms with Crippen molar-refractivity contribution < 1.29 is 14.3 Å². The lowest BCUT2D eigenvalue weighted by Crippen LogP contribution is -2.44. The van der Waals surface area contributed by atoms with Gasteiger partial charge >= 0.3 is 6.09 Å². The quantitative estimate of drug-likeness (QED) is 0.892. The summed E-state index contributed by atoms with van der Waals surface area (Å²) in [5.74, 6) is -0.0905. The Bertz CT molecular complexity index is 570. The largest absolute Gasteiger partial charge is 0.444 e. The van der Waals surface area contributed by atoms with Crippen LogP contribution in [0.25, 0.3) is 0 Å². The predicted octanol–water partition coefficient (Wildman–Crippen LogP) is 2.86. The normalized spacial score (nSPS) is 15.8. The molecule has 0 radical (unpaired) electrons. The first-order valence-electron chi connectivity index (χ1n) is 8.35. The Morgan fingerprint density at radius 3 is 2.21 bits per heavy atom. The summed E-state index contributed by atoms with van der Waals surface area (Å²) in [6.45, 7) is 7.00. The number of ether oxygens (including phenoxy) is 1. The molecule has 1 heterocycles. The summed E-state index contributed by atoms with van der Waals surface area (Å²) >= 11 is 0. The van der Waals surface area contributed by atoms with Gasteiger partial charge in [0, 0.05) is 37.4 Å². The number of hydrogen-bond acceptors (Lipinski definition) is 4. The van der Waals surface area contributed by atoms with Crippen molar-refractivity contribution in [3.8, 4) is 0 Å². The van der Waals surface area contributed by atoms with Gasteiger partial charge in [0.1, 0.15) is 5.60 Å². The van der Waals surface area contributed by atoms with Crippen LogP contribution in [0.3, 0.4) is 0 Å². The van der Waals surface area contributed by atoms with E-state index in [0.29, 0.717) is 24.7 Å². The van der Waals surface area contributed by atoms with Crippen molar-refractivity contribution in [2.75, 3.05) is 25.5 Å². The number of benzene rings is 1. The smallest absolute Gasteiger partial charge is 0.410 e. The molecule has 6 heteroatoms. The van der Waals surface area contributed by atoms with E-state index in [9.17, 15) is 9.59 Å². The predicted molar refractivity (Wildman–Crippen MR) is 94.3 cm³/mol. The standard InChI is InChI=1S/C18H27N3O3/c1-18(2,3)24-17(23)21-11-9-15(10-12-21)20-14-7-5-13(6-8-14)16(22)19-4/h5-8,15,20H,9-12H2,1-4H3,(H,19,22). The summed E-state index contributed by atoms with van der Waals surface area (Å²) in [5.41, 5.74) is 1.17. The number of anilines is 1. The van der Waals surface area contributed by atoms with Crippen molar-refractivity contribution in [3.63, 3.8) is 0 Å². The van der Waals surface area contributed by atoms with Gasteiger partial charge in [-0.2, -0.15) is 0 Å². The topological polar surface area (TPSA) is 70.7 Å². The van der Waals surface area contributed by atoms with Crippen LogP contribution >= 0.6 is 0 Å². The van der Waals surface area contributed by atoms with Gasteiger partial charge in [0.15, 0.2) is 0 Å². The summed E-state index contributed by atoms with van der Waals surface area (Å²) in [5, 5.41) is 6.07. The second-order valence-corrected chi connectivity index (χ2v) is 7.04. The first kappa shape index (κ1) is 18.1. The van der Waals surface area contributed by atoms with E-state index >= 15 is 0 Å². The summed E-state index contributed by atoms with van der Waals surface area (Å²) in [4.78, 5) is 25.3. The van der Waals surface area contributed by atoms with Crippen molar-refractivity contribution in [1.82, 2.24) is 10.2 Å². The molecular weight excluding hydrogens is 306 g/mol. The minimum atomic E-state index is -0.460. The van der Waals surface area contributed by atoms with Crippen LogP contribution in [-0.2, 0) is 4.74 Å². The number of piperidine rings is 1. The molecule has 2 N–H and O–H groups in total. The first-order valence-corrected chi connectivity index (χ1v) is 8.35. The molecular formula is C18H27N3O3. The number of nitrogens with one attached hydrogen (secondary N) is 2. The van der Waals surface area contributed by atoms with E-state index < -0.39 is 5.60 Å². The van der Waals surface area contributed by atoms with Crippen LogP contribution < -0.4 is 10.6 Å². The van der Waals surface area contributed by atoms with Gasteiger partial charge in [-0.15, -0.1) is 0 Å². The third-order valence-corrected chi connectivity index (χ3v) is 3.89. The summed E-state index contributed by atoms with van der Waals surface area (Å²) in [6.07, 6.45) is 1.50. The second kappa shape index (κ2) is 7.55. The lowest BCUT2D eigenvalue weighted by atomic mass is 10.0. The maximum Gasteiger partial charge on any atom is 0.410 e. The number of carbonyl (C=O) groups is 2. The zero-order valence-corrected chi connectivity index (χ0v) is 14.9. The Hall–Kier alpha value is -2.24. The molecule has 1 saturated heterocycles. The van der Waals surface area contributed by atoms with Gasteiger partial charge in [0.25, 0.3) is 5.91 Å². The van der Waals surface area contributed by atoms with Crippen molar-refractivity contribution >= 4 is 17.7 Å². The average Bonchev–Trinajstić information content (AvgIpc) is 2.54. The monoisotopic (exact) mass is 333 g/mol. The molecule has 1 aromatic carbocycles. The molecule has 2 rings (SSSR count). The third-order valence-electron chi connectivity index (χ3n) is 3.89. The molecule has 1 aliphatic heterocycles. The molecule has 0 aliphatic carbocycles. The van der Waals surface area contributed by atoms with Crippen LogP contribution in [0.15, 0.2) is 24.3 Å². The molecule has 0 spiro atoms. The molecule has 0 aromatic heterocycles. The Morgan fingerprint density at radius 1 is 1.12 bits per heavy atom. The van der Waals surface area contributed by atoms with Gasteiger partial charge in [0.05, 0.1) is 0 Å². The van der Waals surface area contributed by atoms with Gasteiger partial charge in [-0.25, -0.2) is 4.79 Å². The number of nitrogens with zero attached hydrogens (tertiary/aromatic N) is 1. The van der Waals surface area contributed by atoms with Crippen LogP contribution in [0.4, 0.5) is 10.5 Å². The summed E-state index contributed by atoms with van der Waals surface area (Å²) < 4.78 is 5.41. The van der Waals surface area contributed by atoms with E-state index in [1.807, 2.05) is 32.9 Å². The highest BCUT2D eigenvalue weighted by atomic mass is 16.6. The molecule has 2 amide bonds. The van der Waals surface area contributed by atoms with E-state index in [0.717, 1.165) is 18.5 Å². The zero-order valence-electron chi connectivity index (χ0n) is 14.9. The van der Waals surface area contributed by atoms with Crippen LogP contribution in [-0.4, -0.2) is 48.7 Å². The Labute approximate surface area is 143 Å². The molecule has 24 heavy (non-hydrogen) atoms. The van der Waals surface area contributed by atoms with E-state index in [4.69, 9.17) is 4.74 Å². The Morgan fingerprint density at radius 2 is 1.71 bits per heavy atom. The third kappa shape index (κ3) is 5.15. The maximum absolute atomic E-state index is 12.1. The van der Waals surface area contributed by atoms with Crippen molar-refractivity contribution in [2.45, 2.75) is 45.3 Å². The van der Waals surface area contributed by atoms with Gasteiger partial charge < -0.3 is 20.3 Å². The zero-order chi connectivity index (χ0) is 17.7. The highest BCUT2D eigenvalue weighted by Gasteiger charge is 2.26. The number of likely N-dealkylation sites (tertiary alicyclic amines) is 1. The molecule has 132 valence electrons. The van der Waals surface area contributed by atoms with Crippen LogP contribution in [0.2, 0.25) is 0 Å². The lowest BCUT2D eigenvalue weighted by Gasteiger charge is -2.34. The molecule has 0 atom stereocenters. The molecule has 0 bridgehead atoms. The van der Waals surface area contributed by atoms with Crippen molar-refractivity contribution in [1.29, 1.82) is 0 Å². The van der Waals surface area contributed by atoms with E-state index in [2.05, 4.69) is 10.6 Å². The van der Waals surface area contributed by atoms with Crippen LogP contribution in [0.5, 0.6) is 0 Å². The fourth-order valence-electron chi connectivity index (χ4n) is 2.63. The molecule has 6 nitrogen and oxygen atoms in total. The average molecular weight is 333 g/mol. The minimum Gasteiger partial charge on any atom is -0.444 e. The molecule has 1 aliphatic rings. The SMILES string of the molecule is CNC(=O)c1ccc(NC2CCN(C(=O)OC(C)(C)C)CC2)cc1. The van der Waals surface area contributed by atoms with Gasteiger partial charge in [-0.1, -0.05) is 0 Å². The highest BCUT2D eigenvalue weighted by molar-refractivity contribution is 5.94. The number of hydrogen-bond donors (Lipinski definition) is 2. The summed E-state index contributed by atoms with van der Waals surface area (Å²) in [7, 11) is 1.62. The fourth-order valence-corrected chi connectivity index (χ4v) is 2.63. The summed E-state index contributed by atoms with van der Waals surface area (Å²) in [6, 6.07) is 7.73. The van der Waals surface area contributed by atoms with Gasteiger partial charge in [0.2, 0.25) is 0 Å². The van der Waals surface area contributed by atoms with E-state index in [1.165, 1.54) is 0 Å². The molecule has 0 saturated carbocycles. The van der Waals surface area contributed by atoms with Crippen molar-refractivity contribution in [3.05, 3.63) is 29.8 Å². The maximum atomic E-state index is 12.1. The van der Waals surface area contributed by atoms with Gasteiger partial charge in [-0.3, -0.25) is 4.79 Å². The second-order valence-electron chi connectivity index (χ2n) is 7.04. The van der Waals surface area contributed by atoms with E-state index in [-0.39, 0.29) is 12.0 Å². The molecule has 0 unspecified atom stereocenters. The van der Waals surface area contributed by atoms with Crippen LogP contribution in [0.1, 0.15) is 44.0 Å². The number of amides is 2. The van der Waals surface area contributed by atoms with E-state index in [1.54, 1.807) is 24.1 Å². The molecule has 1 fully saturated rings. The van der Waals surface area contributed by atoms with Gasteiger partial charge in [-0.05, 0) is 57.9 Å². The lowest BCUT2D eigenvalue weighted by molar-refractivity contribution is 0.0210. The number of carbonyl (C=O) groups excluding carboxylic acids is 2. The Kier molecular flexibility index (Phi) is 5.70.